The van der Waals surface area contributed by atoms with E-state index in [0.29, 0.717) is 34.9 Å². The van der Waals surface area contributed by atoms with Gasteiger partial charge in [0.15, 0.2) is 0 Å². The van der Waals surface area contributed by atoms with E-state index in [9.17, 15) is 9.59 Å². The Hall–Kier alpha value is -5.84. The maximum atomic E-state index is 13.6. The first kappa shape index (κ1) is 28.3. The van der Waals surface area contributed by atoms with E-state index in [4.69, 9.17) is 14.2 Å². The van der Waals surface area contributed by atoms with Crippen LogP contribution in [0.4, 0.5) is 11.4 Å². The van der Waals surface area contributed by atoms with E-state index in [2.05, 4.69) is 15.4 Å². The summed E-state index contributed by atoms with van der Waals surface area (Å²) in [6.07, 6.45) is 3.32. The lowest BCUT2D eigenvalue weighted by Gasteiger charge is -2.14. The van der Waals surface area contributed by atoms with Crippen molar-refractivity contribution in [3.05, 3.63) is 125 Å². The average Bonchev–Trinajstić information content (AvgIpc) is 3.60. The zero-order chi connectivity index (χ0) is 30.5. The van der Waals surface area contributed by atoms with Crippen LogP contribution in [0.5, 0.6) is 11.8 Å². The minimum Gasteiger partial charge on any atom is -0.473 e. The summed E-state index contributed by atoms with van der Waals surface area (Å²) in [5.41, 5.74) is 5.01. The number of ether oxygens (including phenoxy) is 3. The van der Waals surface area contributed by atoms with E-state index in [1.54, 1.807) is 40.7 Å². The van der Waals surface area contributed by atoms with Gasteiger partial charge in [-0.1, -0.05) is 60.7 Å². The van der Waals surface area contributed by atoms with Crippen molar-refractivity contribution < 1.29 is 19.0 Å². The molecule has 0 fully saturated rings. The number of methoxy groups -OCH3 is 1. The Kier molecular flexibility index (Phi) is 8.08. The summed E-state index contributed by atoms with van der Waals surface area (Å²) in [5, 5.41) is 7.46. The first-order chi connectivity index (χ1) is 21.5. The Bertz CT molecular complexity index is 1960. The molecule has 6 rings (SSSR count). The highest BCUT2D eigenvalue weighted by atomic mass is 16.5. The number of pyridine rings is 1. The van der Waals surface area contributed by atoms with Crippen LogP contribution < -0.4 is 20.5 Å². The molecule has 3 aromatic heterocycles. The van der Waals surface area contributed by atoms with Gasteiger partial charge < -0.3 is 19.5 Å². The van der Waals surface area contributed by atoms with Gasteiger partial charge in [0.2, 0.25) is 11.8 Å². The predicted octanol–water partition coefficient (Wildman–Crippen LogP) is 5.00. The Morgan fingerprint density at radius 3 is 2.25 bits per heavy atom. The number of carbonyl (C=O) groups is 1. The molecule has 0 radical (unpaired) electrons. The molecule has 0 bridgehead atoms. The van der Waals surface area contributed by atoms with Gasteiger partial charge >= 0.3 is 11.7 Å². The second-order valence-corrected chi connectivity index (χ2v) is 10.0. The molecule has 0 aliphatic rings. The van der Waals surface area contributed by atoms with Crippen LogP contribution in [0, 0.1) is 0 Å². The molecular weight excluding hydrogens is 560 g/mol. The molecule has 3 aromatic carbocycles. The molecule has 0 atom stereocenters. The molecule has 11 heteroatoms. The number of benzene rings is 3. The maximum Gasteiger partial charge on any atom is 0.333 e. The number of aryl methyl sites for hydroxylation is 1. The van der Waals surface area contributed by atoms with E-state index >= 15 is 0 Å². The van der Waals surface area contributed by atoms with E-state index in [0.717, 1.165) is 16.8 Å². The largest absolute Gasteiger partial charge is 0.473 e. The third-order valence-electron chi connectivity index (χ3n) is 7.00. The number of esters is 1. The van der Waals surface area contributed by atoms with Gasteiger partial charge in [0.25, 0.3) is 0 Å². The number of nitrogens with zero attached hydrogens (tertiary/aromatic N) is 5. The smallest absolute Gasteiger partial charge is 0.333 e. The Morgan fingerprint density at radius 2 is 1.55 bits per heavy atom. The van der Waals surface area contributed by atoms with Crippen LogP contribution in [0.2, 0.25) is 0 Å². The first-order valence-corrected chi connectivity index (χ1v) is 13.9. The molecule has 1 N–H and O–H groups in total. The van der Waals surface area contributed by atoms with E-state index in [-0.39, 0.29) is 24.7 Å². The summed E-state index contributed by atoms with van der Waals surface area (Å²) in [6, 6.07) is 28.7. The molecule has 0 saturated carbocycles. The van der Waals surface area contributed by atoms with Crippen molar-refractivity contribution in [2.24, 2.45) is 7.05 Å². The number of aromatic nitrogens is 5. The van der Waals surface area contributed by atoms with E-state index in [1.165, 1.54) is 11.8 Å². The number of rotatable bonds is 11. The van der Waals surface area contributed by atoms with Crippen molar-refractivity contribution in [3.8, 4) is 17.4 Å². The standard InChI is InChI=1S/C33H30N6O5/c1-37-29-17-25(35-26-18-34-38(19-26)20-31(40)42-2)13-14-27(29)39(33(37)41)28-15-16-30(43-21-23-9-5-3-6-10-23)36-32(28)44-22-24-11-7-4-8-12-24/h3-19,35H,20-22H2,1-2H3. The van der Waals surface area contributed by atoms with Gasteiger partial charge in [-0.3, -0.25) is 18.6 Å². The third-order valence-corrected chi connectivity index (χ3v) is 7.00. The second-order valence-electron chi connectivity index (χ2n) is 10.0. The minimum absolute atomic E-state index is 0.00731. The van der Waals surface area contributed by atoms with Gasteiger partial charge in [-0.15, -0.1) is 0 Å². The van der Waals surface area contributed by atoms with Crippen LogP contribution in [0.3, 0.4) is 0 Å². The Balaban J connectivity index is 1.32. The second kappa shape index (κ2) is 12.6. The zero-order valence-corrected chi connectivity index (χ0v) is 24.2. The lowest BCUT2D eigenvalue weighted by molar-refractivity contribution is -0.141. The lowest BCUT2D eigenvalue weighted by Crippen LogP contribution is -2.21. The number of imidazole rings is 1. The molecule has 6 aromatic rings. The molecule has 3 heterocycles. The molecule has 11 nitrogen and oxygen atoms in total. The average molecular weight is 591 g/mol. The molecule has 0 aliphatic carbocycles. The van der Waals surface area contributed by atoms with Gasteiger partial charge in [-0.05, 0) is 35.4 Å². The van der Waals surface area contributed by atoms with Crippen LogP contribution in [-0.2, 0) is 36.3 Å². The van der Waals surface area contributed by atoms with Crippen molar-refractivity contribution in [2.75, 3.05) is 12.4 Å². The normalized spacial score (nSPS) is 11.0. The first-order valence-electron chi connectivity index (χ1n) is 13.9. The van der Waals surface area contributed by atoms with Crippen LogP contribution >= 0.6 is 0 Å². The van der Waals surface area contributed by atoms with Crippen LogP contribution in [-0.4, -0.2) is 37.0 Å². The van der Waals surface area contributed by atoms with E-state index in [1.807, 2.05) is 78.9 Å². The van der Waals surface area contributed by atoms with Crippen LogP contribution in [0.1, 0.15) is 11.1 Å². The minimum atomic E-state index is -0.394. The fraction of sp³-hybridized carbons (Fsp3) is 0.152. The fourth-order valence-corrected chi connectivity index (χ4v) is 4.76. The summed E-state index contributed by atoms with van der Waals surface area (Å²) >= 11 is 0. The summed E-state index contributed by atoms with van der Waals surface area (Å²) in [4.78, 5) is 29.9. The molecule has 44 heavy (non-hydrogen) atoms. The number of fused-ring (bicyclic) bond motifs is 1. The van der Waals surface area contributed by atoms with Crippen molar-refractivity contribution in [1.82, 2.24) is 23.9 Å². The summed E-state index contributed by atoms with van der Waals surface area (Å²) in [5.74, 6) is 0.261. The third kappa shape index (κ3) is 6.16. The number of carbonyl (C=O) groups excluding carboxylic acids is 1. The highest BCUT2D eigenvalue weighted by Gasteiger charge is 2.19. The highest BCUT2D eigenvalue weighted by Crippen LogP contribution is 2.29. The Labute approximate surface area is 252 Å². The van der Waals surface area contributed by atoms with Gasteiger partial charge in [-0.2, -0.15) is 10.1 Å². The lowest BCUT2D eigenvalue weighted by atomic mass is 10.2. The topological polar surface area (TPSA) is 114 Å². The number of hydrogen-bond acceptors (Lipinski definition) is 8. The SMILES string of the molecule is COC(=O)Cn1cc(Nc2ccc3c(c2)n(C)c(=O)n3-c2ccc(OCc3ccccc3)nc2OCc2ccccc2)cn1. The van der Waals surface area contributed by atoms with Gasteiger partial charge in [-0.25, -0.2) is 4.79 Å². The fourth-order valence-electron chi connectivity index (χ4n) is 4.76. The van der Waals surface area contributed by atoms with Crippen molar-refractivity contribution in [1.29, 1.82) is 0 Å². The highest BCUT2D eigenvalue weighted by molar-refractivity contribution is 5.83. The van der Waals surface area contributed by atoms with Gasteiger partial charge in [0.1, 0.15) is 25.4 Å². The predicted molar refractivity (Wildman–Crippen MR) is 165 cm³/mol. The quantitative estimate of drug-likeness (QED) is 0.210. The summed E-state index contributed by atoms with van der Waals surface area (Å²) in [7, 11) is 3.05. The molecule has 0 unspecified atom stereocenters. The van der Waals surface area contributed by atoms with Crippen molar-refractivity contribution in [3.63, 3.8) is 0 Å². The molecule has 222 valence electrons. The summed E-state index contributed by atoms with van der Waals surface area (Å²) < 4.78 is 21.5. The number of nitrogens with one attached hydrogen (secondary N) is 1. The molecule has 0 aliphatic heterocycles. The van der Waals surface area contributed by atoms with E-state index < -0.39 is 5.97 Å². The van der Waals surface area contributed by atoms with Gasteiger partial charge in [0.05, 0.1) is 30.0 Å². The number of hydrogen-bond donors (Lipinski definition) is 1. The Morgan fingerprint density at radius 1 is 0.841 bits per heavy atom. The molecule has 0 amide bonds. The monoisotopic (exact) mass is 590 g/mol. The van der Waals surface area contributed by atoms with Crippen molar-refractivity contribution >= 4 is 28.4 Å². The molecular formula is C33H30N6O5. The molecule has 0 saturated heterocycles. The molecule has 0 spiro atoms. The maximum absolute atomic E-state index is 13.6. The zero-order valence-electron chi connectivity index (χ0n) is 24.2. The van der Waals surface area contributed by atoms with Crippen LogP contribution in [0.25, 0.3) is 16.7 Å². The van der Waals surface area contributed by atoms with Gasteiger partial charge in [0, 0.05) is 25.0 Å². The van der Waals surface area contributed by atoms with Crippen LogP contribution in [0.15, 0.2) is 108 Å². The number of anilines is 2. The summed E-state index contributed by atoms with van der Waals surface area (Å²) in [6.45, 7) is 0.616. The van der Waals surface area contributed by atoms with Crippen molar-refractivity contribution in [2.45, 2.75) is 19.8 Å².